The van der Waals surface area contributed by atoms with Crippen LogP contribution in [0.4, 0.5) is 17.6 Å². The van der Waals surface area contributed by atoms with E-state index in [9.17, 15) is 17.6 Å². The van der Waals surface area contributed by atoms with Crippen LogP contribution in [0.15, 0.2) is 35.9 Å². The van der Waals surface area contributed by atoms with Crippen LogP contribution in [0, 0.1) is 29.3 Å². The van der Waals surface area contributed by atoms with Gasteiger partial charge < -0.3 is 0 Å². The van der Waals surface area contributed by atoms with E-state index in [-0.39, 0.29) is 12.6 Å². The first-order valence-electron chi connectivity index (χ1n) is 11.6. The van der Waals surface area contributed by atoms with E-state index >= 15 is 0 Å². The van der Waals surface area contributed by atoms with Crippen LogP contribution >= 0.6 is 0 Å². The van der Waals surface area contributed by atoms with Crippen molar-refractivity contribution in [2.75, 3.05) is 6.67 Å². The lowest BCUT2D eigenvalue weighted by Gasteiger charge is -2.30. The molecule has 2 aliphatic carbocycles. The van der Waals surface area contributed by atoms with Crippen molar-refractivity contribution in [3.8, 4) is 0 Å². The van der Waals surface area contributed by atoms with Gasteiger partial charge in [-0.3, -0.25) is 4.39 Å². The molecule has 2 aliphatic rings. The standard InChI is InChI=1S/C26H34F4/c27-16-4-2-1-3-5-19-6-8-20(9-7-19)10-11-21-12-14-22(15-13-21)23-17-24(28)26(30)25(29)18-23/h1-2,8,17-19,21-22H,3-7,9-16H2/b2-1+. The van der Waals surface area contributed by atoms with Crippen molar-refractivity contribution in [2.24, 2.45) is 11.8 Å². The Balaban J connectivity index is 1.36. The van der Waals surface area contributed by atoms with Gasteiger partial charge >= 0.3 is 0 Å². The second-order valence-electron chi connectivity index (χ2n) is 9.08. The zero-order valence-corrected chi connectivity index (χ0v) is 17.8. The van der Waals surface area contributed by atoms with E-state index in [1.165, 1.54) is 44.2 Å². The van der Waals surface area contributed by atoms with E-state index in [0.29, 0.717) is 17.9 Å². The Morgan fingerprint density at radius 3 is 2.17 bits per heavy atom. The number of hydrogen-bond donors (Lipinski definition) is 0. The smallest absolute Gasteiger partial charge is 0.194 e. The van der Waals surface area contributed by atoms with Gasteiger partial charge in [-0.15, -0.1) is 0 Å². The summed E-state index contributed by atoms with van der Waals surface area (Å²) in [5, 5.41) is 0. The molecule has 0 spiro atoms. The Bertz CT molecular complexity index is 706. The SMILES string of the molecule is FCC/C=C/CCC1CC=C(CCC2CCC(c3cc(F)c(F)c(F)c3)CC2)CC1. The summed E-state index contributed by atoms with van der Waals surface area (Å²) < 4.78 is 52.3. The van der Waals surface area contributed by atoms with Crippen molar-refractivity contribution in [3.63, 3.8) is 0 Å². The molecule has 0 bridgehead atoms. The van der Waals surface area contributed by atoms with Gasteiger partial charge in [-0.1, -0.05) is 23.8 Å². The second-order valence-corrected chi connectivity index (χ2v) is 9.08. The highest BCUT2D eigenvalue weighted by Gasteiger charge is 2.25. The molecular formula is C26H34F4. The maximum atomic E-state index is 13.5. The Kier molecular flexibility index (Phi) is 9.02. The van der Waals surface area contributed by atoms with Crippen LogP contribution in [0.1, 0.15) is 88.5 Å². The molecule has 4 heteroatoms. The number of benzene rings is 1. The van der Waals surface area contributed by atoms with Gasteiger partial charge in [0.05, 0.1) is 6.67 Å². The fourth-order valence-electron chi connectivity index (χ4n) is 5.05. The van der Waals surface area contributed by atoms with E-state index in [1.807, 2.05) is 6.08 Å². The molecule has 0 saturated heterocycles. The Labute approximate surface area is 178 Å². The topological polar surface area (TPSA) is 0 Å². The number of halogens is 4. The van der Waals surface area contributed by atoms with Gasteiger partial charge in [0.25, 0.3) is 0 Å². The van der Waals surface area contributed by atoms with Crippen LogP contribution in [0.2, 0.25) is 0 Å². The fraction of sp³-hybridized carbons (Fsp3) is 0.615. The highest BCUT2D eigenvalue weighted by atomic mass is 19.2. The summed E-state index contributed by atoms with van der Waals surface area (Å²) in [5.74, 6) is -1.95. The molecule has 30 heavy (non-hydrogen) atoms. The number of alkyl halides is 1. The van der Waals surface area contributed by atoms with Crippen molar-refractivity contribution in [1.82, 2.24) is 0 Å². The van der Waals surface area contributed by atoms with Crippen LogP contribution in [0.3, 0.4) is 0 Å². The molecule has 166 valence electrons. The molecular weight excluding hydrogens is 388 g/mol. The second kappa shape index (κ2) is 11.7. The monoisotopic (exact) mass is 422 g/mol. The fourth-order valence-corrected chi connectivity index (χ4v) is 5.05. The maximum Gasteiger partial charge on any atom is 0.194 e. The van der Waals surface area contributed by atoms with Crippen molar-refractivity contribution in [3.05, 3.63) is 58.9 Å². The number of hydrogen-bond acceptors (Lipinski definition) is 0. The quantitative estimate of drug-likeness (QED) is 0.212. The van der Waals surface area contributed by atoms with Crippen LogP contribution in [0.25, 0.3) is 0 Å². The molecule has 1 aromatic carbocycles. The molecule has 1 fully saturated rings. The van der Waals surface area contributed by atoms with E-state index in [1.54, 1.807) is 5.57 Å². The van der Waals surface area contributed by atoms with Crippen molar-refractivity contribution < 1.29 is 17.6 Å². The summed E-state index contributed by atoms with van der Waals surface area (Å²) in [5.41, 5.74) is 2.19. The minimum absolute atomic E-state index is 0.138. The number of rotatable bonds is 9. The molecule has 1 saturated carbocycles. The zero-order chi connectivity index (χ0) is 21.3. The Hall–Kier alpha value is -1.58. The average Bonchev–Trinajstić information content (AvgIpc) is 2.77. The summed E-state index contributed by atoms with van der Waals surface area (Å²) in [4.78, 5) is 0. The number of allylic oxidation sites excluding steroid dienone is 4. The molecule has 0 aromatic heterocycles. The summed E-state index contributed by atoms with van der Waals surface area (Å²) in [6.07, 6.45) is 19.3. The molecule has 1 aromatic rings. The van der Waals surface area contributed by atoms with Gasteiger partial charge in [-0.05, 0) is 112 Å². The molecule has 0 aliphatic heterocycles. The van der Waals surface area contributed by atoms with E-state index in [2.05, 4.69) is 12.2 Å². The van der Waals surface area contributed by atoms with Crippen LogP contribution < -0.4 is 0 Å². The summed E-state index contributed by atoms with van der Waals surface area (Å²) in [6, 6.07) is 2.34. The van der Waals surface area contributed by atoms with Crippen LogP contribution in [0.5, 0.6) is 0 Å². The molecule has 0 heterocycles. The van der Waals surface area contributed by atoms with Gasteiger partial charge in [-0.2, -0.15) is 0 Å². The van der Waals surface area contributed by atoms with E-state index in [4.69, 9.17) is 0 Å². The predicted molar refractivity (Wildman–Crippen MR) is 115 cm³/mol. The lowest BCUT2D eigenvalue weighted by Crippen LogP contribution is -2.14. The first-order valence-corrected chi connectivity index (χ1v) is 11.6. The van der Waals surface area contributed by atoms with Gasteiger partial charge in [0, 0.05) is 0 Å². The van der Waals surface area contributed by atoms with Gasteiger partial charge in [0.2, 0.25) is 0 Å². The molecule has 3 rings (SSSR count). The predicted octanol–water partition coefficient (Wildman–Crippen LogP) is 8.58. The minimum atomic E-state index is -1.37. The molecule has 0 amide bonds. The third-order valence-electron chi connectivity index (χ3n) is 7.00. The van der Waals surface area contributed by atoms with Crippen LogP contribution in [-0.4, -0.2) is 6.67 Å². The Morgan fingerprint density at radius 2 is 1.53 bits per heavy atom. The molecule has 1 unspecified atom stereocenters. The molecule has 0 N–H and O–H groups in total. The van der Waals surface area contributed by atoms with Crippen molar-refractivity contribution >= 4 is 0 Å². The third-order valence-corrected chi connectivity index (χ3v) is 7.00. The molecule has 0 radical (unpaired) electrons. The van der Waals surface area contributed by atoms with E-state index in [0.717, 1.165) is 44.4 Å². The lowest BCUT2D eigenvalue weighted by atomic mass is 9.76. The normalized spacial score (nSPS) is 24.9. The molecule has 0 nitrogen and oxygen atoms in total. The van der Waals surface area contributed by atoms with Gasteiger partial charge in [-0.25, -0.2) is 13.2 Å². The van der Waals surface area contributed by atoms with Crippen molar-refractivity contribution in [1.29, 1.82) is 0 Å². The maximum absolute atomic E-state index is 13.5. The average molecular weight is 423 g/mol. The van der Waals surface area contributed by atoms with Gasteiger partial charge in [0.1, 0.15) is 0 Å². The third kappa shape index (κ3) is 6.72. The summed E-state index contributed by atoms with van der Waals surface area (Å²) in [7, 11) is 0. The Morgan fingerprint density at radius 1 is 0.833 bits per heavy atom. The molecule has 1 atom stereocenters. The van der Waals surface area contributed by atoms with Gasteiger partial charge in [0.15, 0.2) is 17.5 Å². The summed E-state index contributed by atoms with van der Waals surface area (Å²) in [6.45, 7) is -0.267. The van der Waals surface area contributed by atoms with Crippen molar-refractivity contribution in [2.45, 2.75) is 83.0 Å². The highest BCUT2D eigenvalue weighted by molar-refractivity contribution is 5.23. The first-order chi connectivity index (χ1) is 14.6. The summed E-state index contributed by atoms with van der Waals surface area (Å²) >= 11 is 0. The zero-order valence-electron chi connectivity index (χ0n) is 17.8. The lowest BCUT2D eigenvalue weighted by molar-refractivity contribution is 0.306. The van der Waals surface area contributed by atoms with Crippen LogP contribution in [-0.2, 0) is 0 Å². The first kappa shape index (κ1) is 23.1. The largest absolute Gasteiger partial charge is 0.251 e. The minimum Gasteiger partial charge on any atom is -0.251 e. The highest BCUT2D eigenvalue weighted by Crippen LogP contribution is 2.39. The van der Waals surface area contributed by atoms with E-state index < -0.39 is 17.5 Å².